The summed E-state index contributed by atoms with van der Waals surface area (Å²) >= 11 is 0. The molecule has 0 unspecified atom stereocenters. The van der Waals surface area contributed by atoms with Crippen LogP contribution in [0.1, 0.15) is 6.92 Å². The Morgan fingerprint density at radius 2 is 1.88 bits per heavy atom. The molecule has 5 N–H and O–H groups in total. The van der Waals surface area contributed by atoms with Crippen molar-refractivity contribution in [3.63, 3.8) is 0 Å². The highest BCUT2D eigenvalue weighted by atomic mass is 16.5. The normalized spacial score (nSPS) is 20.1. The SMILES string of the molecule is C[C@H](O[C@@H]([C@H](O)[C@H](O)CO)[C@@H](O)C=O)C(=O)O. The Hall–Kier alpha value is -1.06. The number of carboxylic acid groups (broad SMARTS) is 1. The first-order valence-electron chi connectivity index (χ1n) is 4.83. The van der Waals surface area contributed by atoms with Gasteiger partial charge in [-0.2, -0.15) is 0 Å². The highest BCUT2D eigenvalue weighted by Crippen LogP contribution is 2.11. The largest absolute Gasteiger partial charge is 0.479 e. The molecular formula is C9H16O8. The van der Waals surface area contributed by atoms with E-state index in [9.17, 15) is 19.8 Å². The van der Waals surface area contributed by atoms with Gasteiger partial charge in [0.2, 0.25) is 0 Å². The zero-order valence-corrected chi connectivity index (χ0v) is 9.13. The molecule has 0 aromatic heterocycles. The zero-order chi connectivity index (χ0) is 13.6. The lowest BCUT2D eigenvalue weighted by Gasteiger charge is -2.28. The van der Waals surface area contributed by atoms with Crippen LogP contribution in [0.5, 0.6) is 0 Å². The average Bonchev–Trinajstić information content (AvgIpc) is 2.32. The molecule has 0 amide bonds. The standard InChI is InChI=1S/C9H16O8/c1-4(9(15)16)17-8(6(13)3-11)7(14)5(12)2-10/h3-8,10,12-14H,2H2,1H3,(H,15,16)/t4-,5+,6-,7+,8+/m0/s1. The topological polar surface area (TPSA) is 145 Å². The summed E-state index contributed by atoms with van der Waals surface area (Å²) in [4.78, 5) is 20.9. The van der Waals surface area contributed by atoms with Crippen LogP contribution in [-0.4, -0.2) is 74.9 Å². The summed E-state index contributed by atoms with van der Waals surface area (Å²) in [5, 5.41) is 45.0. The Morgan fingerprint density at radius 1 is 1.35 bits per heavy atom. The second-order valence-electron chi connectivity index (χ2n) is 3.45. The highest BCUT2D eigenvalue weighted by molar-refractivity contribution is 5.71. The molecule has 0 aromatic carbocycles. The Kier molecular flexibility index (Phi) is 6.85. The van der Waals surface area contributed by atoms with E-state index in [2.05, 4.69) is 0 Å². The molecule has 0 aromatic rings. The van der Waals surface area contributed by atoms with Crippen molar-refractivity contribution in [3.8, 4) is 0 Å². The van der Waals surface area contributed by atoms with Crippen molar-refractivity contribution < 1.29 is 39.9 Å². The third kappa shape index (κ3) is 4.75. The summed E-state index contributed by atoms with van der Waals surface area (Å²) in [5.74, 6) is -1.36. The summed E-state index contributed by atoms with van der Waals surface area (Å²) in [7, 11) is 0. The number of carboxylic acids is 1. The molecule has 8 heteroatoms. The van der Waals surface area contributed by atoms with Gasteiger partial charge >= 0.3 is 5.97 Å². The van der Waals surface area contributed by atoms with Gasteiger partial charge in [-0.25, -0.2) is 4.79 Å². The first kappa shape index (κ1) is 15.9. The number of carbonyl (C=O) groups excluding carboxylic acids is 1. The summed E-state index contributed by atoms with van der Waals surface area (Å²) in [6.07, 6.45) is -8.26. The van der Waals surface area contributed by atoms with Crippen molar-refractivity contribution in [2.45, 2.75) is 37.4 Å². The molecular weight excluding hydrogens is 236 g/mol. The molecule has 0 saturated carbocycles. The van der Waals surface area contributed by atoms with E-state index in [0.717, 1.165) is 6.92 Å². The molecule has 0 spiro atoms. The van der Waals surface area contributed by atoms with Crippen molar-refractivity contribution >= 4 is 12.3 Å². The fourth-order valence-electron chi connectivity index (χ4n) is 1.06. The van der Waals surface area contributed by atoms with Gasteiger partial charge in [0.15, 0.2) is 12.4 Å². The number of aliphatic carboxylic acids is 1. The van der Waals surface area contributed by atoms with Gasteiger partial charge < -0.3 is 35.1 Å². The zero-order valence-electron chi connectivity index (χ0n) is 9.13. The minimum absolute atomic E-state index is 0.0343. The van der Waals surface area contributed by atoms with Gasteiger partial charge in [-0.05, 0) is 6.92 Å². The van der Waals surface area contributed by atoms with E-state index in [1.54, 1.807) is 0 Å². The maximum Gasteiger partial charge on any atom is 0.332 e. The number of hydrogen-bond acceptors (Lipinski definition) is 7. The van der Waals surface area contributed by atoms with Gasteiger partial charge in [-0.1, -0.05) is 0 Å². The second kappa shape index (κ2) is 7.30. The molecule has 0 fully saturated rings. The number of aliphatic hydroxyl groups is 4. The number of hydrogen-bond donors (Lipinski definition) is 5. The van der Waals surface area contributed by atoms with Crippen LogP contribution in [0.25, 0.3) is 0 Å². The van der Waals surface area contributed by atoms with Crippen molar-refractivity contribution in [2.24, 2.45) is 0 Å². The van der Waals surface area contributed by atoms with Crippen molar-refractivity contribution in [2.75, 3.05) is 6.61 Å². The van der Waals surface area contributed by atoms with E-state index >= 15 is 0 Å². The molecule has 0 rings (SSSR count). The molecule has 0 bridgehead atoms. The average molecular weight is 252 g/mol. The number of aldehydes is 1. The number of aliphatic hydroxyl groups excluding tert-OH is 4. The van der Waals surface area contributed by atoms with Crippen LogP contribution in [0.3, 0.4) is 0 Å². The van der Waals surface area contributed by atoms with Gasteiger partial charge in [-0.3, -0.25) is 0 Å². The Balaban J connectivity index is 4.75. The lowest BCUT2D eigenvalue weighted by atomic mass is 10.0. The highest BCUT2D eigenvalue weighted by Gasteiger charge is 2.35. The van der Waals surface area contributed by atoms with Gasteiger partial charge in [0.1, 0.15) is 24.4 Å². The molecule has 8 nitrogen and oxygen atoms in total. The summed E-state index contributed by atoms with van der Waals surface area (Å²) in [6, 6.07) is 0. The minimum atomic E-state index is -1.81. The van der Waals surface area contributed by atoms with Gasteiger partial charge in [0.25, 0.3) is 0 Å². The Labute approximate surface area is 97.1 Å². The van der Waals surface area contributed by atoms with Gasteiger partial charge in [0.05, 0.1) is 6.61 Å². The van der Waals surface area contributed by atoms with E-state index in [4.69, 9.17) is 20.1 Å². The molecule has 0 saturated heterocycles. The fourth-order valence-corrected chi connectivity index (χ4v) is 1.06. The van der Waals surface area contributed by atoms with Crippen LogP contribution in [0.4, 0.5) is 0 Å². The maximum atomic E-state index is 10.5. The monoisotopic (exact) mass is 252 g/mol. The quantitative estimate of drug-likeness (QED) is 0.290. The Bertz CT molecular complexity index is 255. The van der Waals surface area contributed by atoms with Crippen molar-refractivity contribution in [1.82, 2.24) is 0 Å². The van der Waals surface area contributed by atoms with E-state index in [-0.39, 0.29) is 6.29 Å². The molecule has 0 aliphatic rings. The van der Waals surface area contributed by atoms with E-state index < -0.39 is 43.1 Å². The van der Waals surface area contributed by atoms with Crippen LogP contribution in [0, 0.1) is 0 Å². The molecule has 17 heavy (non-hydrogen) atoms. The lowest BCUT2D eigenvalue weighted by molar-refractivity contribution is -0.178. The van der Waals surface area contributed by atoms with Gasteiger partial charge in [0, 0.05) is 0 Å². The van der Waals surface area contributed by atoms with Gasteiger partial charge in [-0.15, -0.1) is 0 Å². The number of rotatable bonds is 8. The second-order valence-corrected chi connectivity index (χ2v) is 3.45. The fraction of sp³-hybridized carbons (Fsp3) is 0.778. The van der Waals surface area contributed by atoms with Crippen molar-refractivity contribution in [1.29, 1.82) is 0 Å². The van der Waals surface area contributed by atoms with Crippen LogP contribution >= 0.6 is 0 Å². The molecule has 5 atom stereocenters. The predicted octanol–water partition coefficient (Wildman–Crippen LogP) is -2.88. The third-order valence-corrected chi connectivity index (χ3v) is 2.10. The van der Waals surface area contributed by atoms with Crippen LogP contribution in [0.2, 0.25) is 0 Å². The van der Waals surface area contributed by atoms with E-state index in [1.807, 2.05) is 0 Å². The van der Waals surface area contributed by atoms with E-state index in [1.165, 1.54) is 0 Å². The molecule has 0 aliphatic heterocycles. The number of ether oxygens (including phenoxy) is 1. The first-order chi connectivity index (χ1) is 7.84. The maximum absolute atomic E-state index is 10.5. The molecule has 0 heterocycles. The minimum Gasteiger partial charge on any atom is -0.479 e. The molecule has 0 radical (unpaired) electrons. The van der Waals surface area contributed by atoms with E-state index in [0.29, 0.717) is 0 Å². The van der Waals surface area contributed by atoms with Crippen molar-refractivity contribution in [3.05, 3.63) is 0 Å². The lowest BCUT2D eigenvalue weighted by Crippen LogP contribution is -2.50. The summed E-state index contributed by atoms with van der Waals surface area (Å²) in [6.45, 7) is 0.305. The summed E-state index contributed by atoms with van der Waals surface area (Å²) < 4.78 is 4.75. The van der Waals surface area contributed by atoms with Crippen LogP contribution in [-0.2, 0) is 14.3 Å². The molecule has 100 valence electrons. The number of carbonyl (C=O) groups is 2. The predicted molar refractivity (Wildman–Crippen MR) is 53.1 cm³/mol. The molecule has 0 aliphatic carbocycles. The third-order valence-electron chi connectivity index (χ3n) is 2.10. The van der Waals surface area contributed by atoms with Crippen LogP contribution in [0.15, 0.2) is 0 Å². The first-order valence-corrected chi connectivity index (χ1v) is 4.83. The van der Waals surface area contributed by atoms with Crippen LogP contribution < -0.4 is 0 Å². The smallest absolute Gasteiger partial charge is 0.332 e. The Morgan fingerprint density at radius 3 is 2.24 bits per heavy atom. The summed E-state index contributed by atoms with van der Waals surface area (Å²) in [5.41, 5.74) is 0.